The first-order valence-corrected chi connectivity index (χ1v) is 21.2. The maximum absolute atomic E-state index is 6.59. The second-order valence-electron chi connectivity index (χ2n) is 16.0. The molecule has 62 heavy (non-hydrogen) atoms. The molecule has 2 nitrogen and oxygen atoms in total. The van der Waals surface area contributed by atoms with E-state index in [0.717, 1.165) is 66.8 Å². The Morgan fingerprint density at radius 3 is 1.71 bits per heavy atom. The number of hydrogen-bond donors (Lipinski definition) is 0. The van der Waals surface area contributed by atoms with Crippen LogP contribution < -0.4 is 4.90 Å². The van der Waals surface area contributed by atoms with Crippen molar-refractivity contribution >= 4 is 71.3 Å². The lowest BCUT2D eigenvalue weighted by atomic mass is 9.91. The third-order valence-corrected chi connectivity index (χ3v) is 12.4. The van der Waals surface area contributed by atoms with Crippen molar-refractivity contribution in [1.82, 2.24) is 0 Å². The molecule has 0 N–H and O–H groups in total. The number of furan rings is 1. The number of rotatable bonds is 7. The highest BCUT2D eigenvalue weighted by Gasteiger charge is 2.21. The molecule has 0 bridgehead atoms. The summed E-state index contributed by atoms with van der Waals surface area (Å²) in [4.78, 5) is 2.43. The number of hydrogen-bond acceptors (Lipinski definition) is 2. The minimum absolute atomic E-state index is 0.893. The van der Waals surface area contributed by atoms with E-state index in [1.54, 1.807) is 0 Å². The highest BCUT2D eigenvalue weighted by molar-refractivity contribution is 6.14. The summed E-state index contributed by atoms with van der Waals surface area (Å²) in [6.07, 6.45) is 0. The molecule has 0 aliphatic carbocycles. The molecule has 12 rings (SSSR count). The van der Waals surface area contributed by atoms with Crippen LogP contribution in [-0.4, -0.2) is 0 Å². The van der Waals surface area contributed by atoms with E-state index in [-0.39, 0.29) is 0 Å². The van der Waals surface area contributed by atoms with Gasteiger partial charge in [0.25, 0.3) is 0 Å². The summed E-state index contributed by atoms with van der Waals surface area (Å²) in [5, 5.41) is 9.69. The maximum Gasteiger partial charge on any atom is 0.143 e. The fourth-order valence-electron chi connectivity index (χ4n) is 9.52. The zero-order chi connectivity index (χ0) is 41.0. The summed E-state index contributed by atoms with van der Waals surface area (Å²) < 4.78 is 6.59. The van der Waals surface area contributed by atoms with Crippen LogP contribution in [0.1, 0.15) is 0 Å². The normalized spacial score (nSPS) is 11.5. The molecule has 12 aromatic rings. The standard InChI is InChI=1S/C60H39NO/c1-2-15-41(16-3-1)51-36-33-45(57-38-44-18-5-7-23-50(44)53-24-8-9-25-54(53)57)39-58(51)61(46-34-31-42(32-35-46)49-27-13-19-40-17-4-6-22-48(40)49)47-21-12-20-43(37-47)52-28-14-29-56-55-26-10-11-30-59(55)62-60(52)56/h1-39H. The lowest BCUT2D eigenvalue weighted by molar-refractivity contribution is 0.670. The molecule has 290 valence electrons. The number of anilines is 3. The van der Waals surface area contributed by atoms with Crippen LogP contribution in [0.2, 0.25) is 0 Å². The summed E-state index contributed by atoms with van der Waals surface area (Å²) in [6, 6.07) is 85.6. The summed E-state index contributed by atoms with van der Waals surface area (Å²) in [5.41, 5.74) is 14.2. The summed E-state index contributed by atoms with van der Waals surface area (Å²) in [6.45, 7) is 0. The second-order valence-corrected chi connectivity index (χ2v) is 16.0. The highest BCUT2D eigenvalue weighted by atomic mass is 16.3. The largest absolute Gasteiger partial charge is 0.455 e. The topological polar surface area (TPSA) is 16.4 Å². The molecular formula is C60H39NO. The minimum atomic E-state index is 0.893. The van der Waals surface area contributed by atoms with Gasteiger partial charge in [0.2, 0.25) is 0 Å². The van der Waals surface area contributed by atoms with Crippen molar-refractivity contribution in [2.24, 2.45) is 0 Å². The molecular weight excluding hydrogens is 751 g/mol. The average Bonchev–Trinajstić information content (AvgIpc) is 3.73. The van der Waals surface area contributed by atoms with Gasteiger partial charge in [-0.2, -0.15) is 0 Å². The first kappa shape index (κ1) is 35.7. The van der Waals surface area contributed by atoms with Crippen molar-refractivity contribution in [3.63, 3.8) is 0 Å². The van der Waals surface area contributed by atoms with Crippen LogP contribution in [0.5, 0.6) is 0 Å². The van der Waals surface area contributed by atoms with E-state index in [4.69, 9.17) is 4.42 Å². The number of benzene rings is 11. The maximum atomic E-state index is 6.59. The Balaban J connectivity index is 1.10. The Bertz CT molecular complexity index is 3630. The molecule has 0 unspecified atom stereocenters. The Morgan fingerprint density at radius 1 is 0.274 bits per heavy atom. The van der Waals surface area contributed by atoms with E-state index in [2.05, 4.69) is 235 Å². The first-order valence-electron chi connectivity index (χ1n) is 21.2. The molecule has 0 spiro atoms. The number of fused-ring (bicyclic) bond motifs is 7. The van der Waals surface area contributed by atoms with Gasteiger partial charge in [-0.15, -0.1) is 0 Å². The molecule has 0 atom stereocenters. The van der Waals surface area contributed by atoms with Gasteiger partial charge in [-0.3, -0.25) is 0 Å². The lowest BCUT2D eigenvalue weighted by Crippen LogP contribution is -2.11. The van der Waals surface area contributed by atoms with E-state index >= 15 is 0 Å². The van der Waals surface area contributed by atoms with Crippen LogP contribution >= 0.6 is 0 Å². The SMILES string of the molecule is c1ccc(-c2ccc(-c3cc4ccccc4c4ccccc34)cc2N(c2ccc(-c3cccc4ccccc34)cc2)c2cccc(-c3cccc4c3oc3ccccc34)c2)cc1. The fourth-order valence-corrected chi connectivity index (χ4v) is 9.52. The smallest absolute Gasteiger partial charge is 0.143 e. The van der Waals surface area contributed by atoms with Gasteiger partial charge < -0.3 is 9.32 Å². The molecule has 0 saturated heterocycles. The third-order valence-electron chi connectivity index (χ3n) is 12.4. The van der Waals surface area contributed by atoms with Gasteiger partial charge in [0, 0.05) is 33.3 Å². The number of para-hydroxylation sites is 2. The van der Waals surface area contributed by atoms with Crippen LogP contribution in [0.4, 0.5) is 17.1 Å². The van der Waals surface area contributed by atoms with E-state index in [0.29, 0.717) is 0 Å². The lowest BCUT2D eigenvalue weighted by Gasteiger charge is -2.29. The van der Waals surface area contributed by atoms with Crippen molar-refractivity contribution in [2.45, 2.75) is 0 Å². The predicted octanol–water partition coefficient (Wildman–Crippen LogP) is 17.2. The molecule has 1 aromatic heterocycles. The molecule has 0 aliphatic heterocycles. The third kappa shape index (κ3) is 6.04. The molecule has 0 fully saturated rings. The van der Waals surface area contributed by atoms with Gasteiger partial charge >= 0.3 is 0 Å². The van der Waals surface area contributed by atoms with E-state index in [1.165, 1.54) is 49.0 Å². The van der Waals surface area contributed by atoms with Crippen LogP contribution in [0, 0.1) is 0 Å². The van der Waals surface area contributed by atoms with Crippen molar-refractivity contribution in [3.8, 4) is 44.5 Å². The Labute approximate surface area is 360 Å². The first-order chi connectivity index (χ1) is 30.7. The van der Waals surface area contributed by atoms with Crippen molar-refractivity contribution in [1.29, 1.82) is 0 Å². The van der Waals surface area contributed by atoms with Crippen LogP contribution in [0.3, 0.4) is 0 Å². The Hall–Kier alpha value is -8.20. The quantitative estimate of drug-likeness (QED) is 0.150. The number of nitrogens with zero attached hydrogens (tertiary/aromatic N) is 1. The molecule has 11 aromatic carbocycles. The van der Waals surface area contributed by atoms with Crippen molar-refractivity contribution < 1.29 is 4.42 Å². The minimum Gasteiger partial charge on any atom is -0.455 e. The van der Waals surface area contributed by atoms with Gasteiger partial charge in [0.1, 0.15) is 11.2 Å². The molecule has 0 aliphatic rings. The van der Waals surface area contributed by atoms with Gasteiger partial charge in [0.15, 0.2) is 0 Å². The van der Waals surface area contributed by atoms with Gasteiger partial charge in [-0.1, -0.05) is 194 Å². The van der Waals surface area contributed by atoms with Crippen LogP contribution in [0.15, 0.2) is 241 Å². The molecule has 0 radical (unpaired) electrons. The summed E-state index contributed by atoms with van der Waals surface area (Å²) >= 11 is 0. The van der Waals surface area contributed by atoms with Crippen LogP contribution in [0.25, 0.3) is 98.8 Å². The predicted molar refractivity (Wildman–Crippen MR) is 263 cm³/mol. The summed E-state index contributed by atoms with van der Waals surface area (Å²) in [5.74, 6) is 0. The zero-order valence-electron chi connectivity index (χ0n) is 33.9. The Morgan fingerprint density at radius 2 is 0.855 bits per heavy atom. The monoisotopic (exact) mass is 789 g/mol. The fraction of sp³-hybridized carbons (Fsp3) is 0. The molecule has 1 heterocycles. The Kier molecular flexibility index (Phi) is 8.53. The zero-order valence-corrected chi connectivity index (χ0v) is 33.9. The van der Waals surface area contributed by atoms with E-state index < -0.39 is 0 Å². The second kappa shape index (κ2) is 14.8. The van der Waals surface area contributed by atoms with Gasteiger partial charge in [-0.05, 0) is 108 Å². The van der Waals surface area contributed by atoms with Crippen molar-refractivity contribution in [2.75, 3.05) is 4.90 Å². The average molecular weight is 790 g/mol. The molecule has 0 saturated carbocycles. The van der Waals surface area contributed by atoms with E-state index in [1.807, 2.05) is 6.07 Å². The van der Waals surface area contributed by atoms with Crippen molar-refractivity contribution in [3.05, 3.63) is 237 Å². The van der Waals surface area contributed by atoms with Crippen LogP contribution in [-0.2, 0) is 0 Å². The molecule has 2 heteroatoms. The molecule has 0 amide bonds. The summed E-state index contributed by atoms with van der Waals surface area (Å²) in [7, 11) is 0. The van der Waals surface area contributed by atoms with E-state index in [9.17, 15) is 0 Å². The highest BCUT2D eigenvalue weighted by Crippen LogP contribution is 2.46. The van der Waals surface area contributed by atoms with Gasteiger partial charge in [0.05, 0.1) is 5.69 Å². The van der Waals surface area contributed by atoms with Gasteiger partial charge in [-0.25, -0.2) is 0 Å².